The molecule has 3 aromatic heterocycles. The molecule has 0 saturated heterocycles. The van der Waals surface area contributed by atoms with Gasteiger partial charge in [-0.3, -0.25) is 4.90 Å². The third-order valence-corrected chi connectivity index (χ3v) is 7.84. The van der Waals surface area contributed by atoms with E-state index in [9.17, 15) is 18.0 Å². The highest BCUT2D eigenvalue weighted by Gasteiger charge is 2.27. The van der Waals surface area contributed by atoms with Gasteiger partial charge in [-0.05, 0) is 44.2 Å². The number of urea groups is 1. The molecule has 3 N–H and O–H groups in total. The fourth-order valence-corrected chi connectivity index (χ4v) is 5.31. The van der Waals surface area contributed by atoms with Gasteiger partial charge in [0.2, 0.25) is 11.8 Å². The first kappa shape index (κ1) is 32.5. The number of ether oxygens (including phenoxy) is 3. The largest absolute Gasteiger partial charge is 0.476 e. The van der Waals surface area contributed by atoms with Gasteiger partial charge in [0.25, 0.3) is 10.0 Å². The zero-order valence-electron chi connectivity index (χ0n) is 24.9. The highest BCUT2D eigenvalue weighted by molar-refractivity contribution is 7.90. The van der Waals surface area contributed by atoms with E-state index in [1.54, 1.807) is 6.92 Å². The molecular formula is C27H32N10O7S. The maximum Gasteiger partial charge on any atom is 0.339 e. The second kappa shape index (κ2) is 14.4. The topological polar surface area (TPSA) is 220 Å². The molecule has 0 saturated carbocycles. The Morgan fingerprint density at radius 3 is 2.60 bits per heavy atom. The summed E-state index contributed by atoms with van der Waals surface area (Å²) in [5.41, 5.74) is 0.996. The Hall–Kier alpha value is -5.39. The molecule has 0 bridgehead atoms. The van der Waals surface area contributed by atoms with E-state index < -0.39 is 26.9 Å². The van der Waals surface area contributed by atoms with Gasteiger partial charge in [0.1, 0.15) is 23.4 Å². The van der Waals surface area contributed by atoms with Gasteiger partial charge in [0.05, 0.1) is 26.4 Å². The van der Waals surface area contributed by atoms with Crippen LogP contribution >= 0.6 is 0 Å². The highest BCUT2D eigenvalue weighted by atomic mass is 32.2. The minimum absolute atomic E-state index is 0.0314. The number of fused-ring (bicyclic) bond motifs is 1. The monoisotopic (exact) mass is 640 g/mol. The second-order valence-corrected chi connectivity index (χ2v) is 11.2. The van der Waals surface area contributed by atoms with Crippen molar-refractivity contribution in [1.82, 2.24) is 39.3 Å². The van der Waals surface area contributed by atoms with E-state index in [1.807, 2.05) is 4.72 Å². The SMILES string of the molecule is COC(=O)c1ccccc1S(=O)(=O)NC(=O)N(C)c1nc(C)nc(OC)n1.Nn1cnc2c(OCC3CC=CCC3)ncnc21. The number of anilines is 1. The lowest BCUT2D eigenvalue weighted by Gasteiger charge is -2.17. The van der Waals surface area contributed by atoms with Crippen LogP contribution in [0.15, 0.2) is 54.0 Å². The first-order valence-corrected chi connectivity index (χ1v) is 15.0. The molecule has 17 nitrogen and oxygen atoms in total. The van der Waals surface area contributed by atoms with E-state index in [2.05, 4.69) is 46.8 Å². The van der Waals surface area contributed by atoms with Crippen molar-refractivity contribution in [3.8, 4) is 11.9 Å². The Morgan fingerprint density at radius 2 is 1.89 bits per heavy atom. The molecule has 1 unspecified atom stereocenters. The number of esters is 1. The summed E-state index contributed by atoms with van der Waals surface area (Å²) in [5, 5.41) is 0. The summed E-state index contributed by atoms with van der Waals surface area (Å²) in [6, 6.07) is 4.26. The normalized spacial score (nSPS) is 14.2. The van der Waals surface area contributed by atoms with Crippen LogP contribution in [0.5, 0.6) is 11.9 Å². The van der Waals surface area contributed by atoms with Gasteiger partial charge in [-0.1, -0.05) is 24.3 Å². The first-order valence-electron chi connectivity index (χ1n) is 13.5. The molecule has 2 amide bonds. The van der Waals surface area contributed by atoms with E-state index in [-0.39, 0.29) is 23.3 Å². The number of carbonyl (C=O) groups is 2. The van der Waals surface area contributed by atoms with Crippen LogP contribution < -0.4 is 24.9 Å². The second-order valence-electron chi connectivity index (χ2n) is 9.59. The van der Waals surface area contributed by atoms with E-state index in [0.29, 0.717) is 29.6 Å². The zero-order valence-corrected chi connectivity index (χ0v) is 25.8. The summed E-state index contributed by atoms with van der Waals surface area (Å²) < 4.78 is 43.6. The van der Waals surface area contributed by atoms with E-state index in [1.165, 1.54) is 55.8 Å². The van der Waals surface area contributed by atoms with Gasteiger partial charge in [-0.2, -0.15) is 19.9 Å². The van der Waals surface area contributed by atoms with Crippen LogP contribution in [0.3, 0.4) is 0 Å². The van der Waals surface area contributed by atoms with Crippen molar-refractivity contribution >= 4 is 39.1 Å². The van der Waals surface area contributed by atoms with Crippen molar-refractivity contribution in [2.75, 3.05) is 38.6 Å². The molecule has 45 heavy (non-hydrogen) atoms. The van der Waals surface area contributed by atoms with Gasteiger partial charge in [0, 0.05) is 7.05 Å². The number of benzene rings is 1. The van der Waals surface area contributed by atoms with Crippen LogP contribution in [0.1, 0.15) is 35.4 Å². The highest BCUT2D eigenvalue weighted by Crippen LogP contribution is 2.23. The molecule has 0 radical (unpaired) electrons. The average Bonchev–Trinajstić information content (AvgIpc) is 3.44. The number of nitrogens with two attached hydrogens (primary N) is 1. The van der Waals surface area contributed by atoms with Crippen molar-refractivity contribution in [2.45, 2.75) is 31.1 Å². The van der Waals surface area contributed by atoms with Crippen LogP contribution in [0.4, 0.5) is 10.7 Å². The molecule has 1 aromatic carbocycles. The predicted octanol–water partition coefficient (Wildman–Crippen LogP) is 1.79. The quantitative estimate of drug-likeness (QED) is 0.159. The number of carbonyl (C=O) groups excluding carboxylic acids is 2. The summed E-state index contributed by atoms with van der Waals surface area (Å²) >= 11 is 0. The fourth-order valence-electron chi connectivity index (χ4n) is 4.13. The van der Waals surface area contributed by atoms with E-state index in [4.69, 9.17) is 15.3 Å². The maximum atomic E-state index is 12.6. The zero-order chi connectivity index (χ0) is 32.6. The molecule has 3 heterocycles. The number of nitrogen functional groups attached to an aromatic ring is 1. The third kappa shape index (κ3) is 7.96. The lowest BCUT2D eigenvalue weighted by Crippen LogP contribution is -2.42. The number of rotatable bonds is 8. The van der Waals surface area contributed by atoms with Gasteiger partial charge in [0.15, 0.2) is 11.2 Å². The number of sulfonamides is 1. The standard InChI is InChI=1S/C15H17N5O6S.C12H15N5O/c1-9-16-13(18-14(17-9)26-4)20(2)15(22)19-27(23,24)11-8-6-5-7-10(11)12(21)25-3;13-17-8-16-10-11(17)14-7-15-12(10)18-6-9-4-2-1-3-5-9/h5-8H,1-4H3,(H,19,22);1-2,7-9H,3-6,13H2. The fraction of sp³-hybridized carbons (Fsp3) is 0.333. The van der Waals surface area contributed by atoms with Crippen LogP contribution in [0.2, 0.25) is 0 Å². The number of allylic oxidation sites excluding steroid dienone is 2. The van der Waals surface area contributed by atoms with Crippen LogP contribution in [-0.4, -0.2) is 82.9 Å². The molecule has 0 fully saturated rings. The van der Waals surface area contributed by atoms with Crippen LogP contribution in [0, 0.1) is 12.8 Å². The molecule has 0 spiro atoms. The van der Waals surface area contributed by atoms with E-state index >= 15 is 0 Å². The third-order valence-electron chi connectivity index (χ3n) is 6.46. The number of aromatic nitrogens is 7. The van der Waals surface area contributed by atoms with Crippen molar-refractivity contribution in [3.63, 3.8) is 0 Å². The molecule has 1 aliphatic carbocycles. The number of nitrogens with one attached hydrogen (secondary N) is 1. The molecule has 0 aliphatic heterocycles. The number of imidazole rings is 1. The summed E-state index contributed by atoms with van der Waals surface area (Å²) in [6.45, 7) is 2.22. The van der Waals surface area contributed by atoms with Gasteiger partial charge in [-0.15, -0.1) is 0 Å². The molecule has 1 atom stereocenters. The lowest BCUT2D eigenvalue weighted by atomic mass is 9.95. The number of methoxy groups -OCH3 is 2. The number of hydrogen-bond acceptors (Lipinski definition) is 14. The Morgan fingerprint density at radius 1 is 1.11 bits per heavy atom. The summed E-state index contributed by atoms with van der Waals surface area (Å²) in [7, 11) is -0.640. The van der Waals surface area contributed by atoms with Crippen LogP contribution in [0.25, 0.3) is 11.2 Å². The lowest BCUT2D eigenvalue weighted by molar-refractivity contribution is 0.0596. The number of nitrogens with zero attached hydrogens (tertiary/aromatic N) is 8. The smallest absolute Gasteiger partial charge is 0.339 e. The van der Waals surface area contributed by atoms with Gasteiger partial charge >= 0.3 is 18.0 Å². The number of aryl methyl sites for hydroxylation is 1. The molecule has 238 valence electrons. The molecule has 18 heteroatoms. The number of hydrogen-bond donors (Lipinski definition) is 2. The predicted molar refractivity (Wildman–Crippen MR) is 160 cm³/mol. The van der Waals surface area contributed by atoms with Crippen LogP contribution in [-0.2, 0) is 14.8 Å². The minimum Gasteiger partial charge on any atom is -0.476 e. The van der Waals surface area contributed by atoms with Crippen molar-refractivity contribution in [3.05, 3.63) is 60.5 Å². The average molecular weight is 641 g/mol. The van der Waals surface area contributed by atoms with Crippen molar-refractivity contribution in [1.29, 1.82) is 0 Å². The van der Waals surface area contributed by atoms with Gasteiger partial charge < -0.3 is 20.1 Å². The Balaban J connectivity index is 0.000000220. The van der Waals surface area contributed by atoms with Crippen molar-refractivity contribution < 1.29 is 32.2 Å². The van der Waals surface area contributed by atoms with Crippen molar-refractivity contribution in [2.24, 2.45) is 5.92 Å². The Kier molecular flexibility index (Phi) is 10.4. The molecule has 1 aliphatic rings. The summed E-state index contributed by atoms with van der Waals surface area (Å²) in [6.07, 6.45) is 10.7. The summed E-state index contributed by atoms with van der Waals surface area (Å²) in [5.74, 6) is 6.06. The Bertz CT molecular complexity index is 1810. The number of amides is 2. The first-order chi connectivity index (χ1) is 21.5. The Labute approximate surface area is 258 Å². The molecule has 4 aromatic rings. The maximum absolute atomic E-state index is 12.6. The summed E-state index contributed by atoms with van der Waals surface area (Å²) in [4.78, 5) is 48.7. The van der Waals surface area contributed by atoms with Gasteiger partial charge in [-0.25, -0.2) is 37.4 Å². The van der Waals surface area contributed by atoms with E-state index in [0.717, 1.165) is 31.3 Å². The molecular weight excluding hydrogens is 608 g/mol. The molecule has 5 rings (SSSR count). The minimum atomic E-state index is -4.37.